The van der Waals surface area contributed by atoms with E-state index >= 15 is 0 Å². The van der Waals surface area contributed by atoms with E-state index in [1.807, 2.05) is 0 Å². The molecule has 1 aromatic carbocycles. The first kappa shape index (κ1) is 15.5. The van der Waals surface area contributed by atoms with Gasteiger partial charge < -0.3 is 19.7 Å². The summed E-state index contributed by atoms with van der Waals surface area (Å²) in [7, 11) is 0. The summed E-state index contributed by atoms with van der Waals surface area (Å²) in [5.74, 6) is 0.142. The summed E-state index contributed by atoms with van der Waals surface area (Å²) < 4.78 is 9.92. The molecule has 1 heterocycles. The van der Waals surface area contributed by atoms with Gasteiger partial charge in [0.2, 0.25) is 11.8 Å². The van der Waals surface area contributed by atoms with Gasteiger partial charge in [0.05, 0.1) is 0 Å². The number of carboxylic acids is 1. The van der Waals surface area contributed by atoms with Crippen molar-refractivity contribution in [3.05, 3.63) is 36.0 Å². The highest BCUT2D eigenvalue weighted by atomic mass is 16.5. The van der Waals surface area contributed by atoms with Crippen LogP contribution in [0, 0.1) is 6.92 Å². The van der Waals surface area contributed by atoms with Gasteiger partial charge in [-0.25, -0.2) is 4.79 Å². The molecule has 8 heteroatoms. The highest BCUT2D eigenvalue weighted by Gasteiger charge is 2.08. The van der Waals surface area contributed by atoms with E-state index in [-0.39, 0.29) is 12.3 Å². The molecule has 2 aromatic rings. The summed E-state index contributed by atoms with van der Waals surface area (Å²) >= 11 is 0. The van der Waals surface area contributed by atoms with Gasteiger partial charge in [0.15, 0.2) is 12.4 Å². The van der Waals surface area contributed by atoms with Crippen LogP contribution in [0.1, 0.15) is 18.1 Å². The van der Waals surface area contributed by atoms with Crippen molar-refractivity contribution in [2.45, 2.75) is 19.8 Å². The molecule has 2 N–H and O–H groups in total. The highest BCUT2D eigenvalue weighted by Crippen LogP contribution is 2.16. The van der Waals surface area contributed by atoms with Crippen LogP contribution < -0.4 is 10.1 Å². The first-order valence-corrected chi connectivity index (χ1v) is 6.56. The van der Waals surface area contributed by atoms with Crippen LogP contribution >= 0.6 is 0 Å². The SMILES string of the molecule is Cc1noc(CCC(=O)Nc2ccc(OCC(=O)O)cc2)n1. The maximum absolute atomic E-state index is 11.8. The van der Waals surface area contributed by atoms with Gasteiger partial charge in [-0.2, -0.15) is 4.98 Å². The second-order valence-corrected chi connectivity index (χ2v) is 4.49. The number of benzene rings is 1. The van der Waals surface area contributed by atoms with Crippen molar-refractivity contribution in [2.75, 3.05) is 11.9 Å². The zero-order valence-corrected chi connectivity index (χ0v) is 11.9. The quantitative estimate of drug-likeness (QED) is 0.794. The fourth-order valence-corrected chi connectivity index (χ4v) is 1.67. The number of nitrogens with one attached hydrogen (secondary N) is 1. The molecule has 1 aromatic heterocycles. The number of amides is 1. The second kappa shape index (κ2) is 7.21. The van der Waals surface area contributed by atoms with Crippen molar-refractivity contribution in [3.8, 4) is 5.75 Å². The molecular weight excluding hydrogens is 290 g/mol. The van der Waals surface area contributed by atoms with Gasteiger partial charge in [-0.05, 0) is 31.2 Å². The highest BCUT2D eigenvalue weighted by molar-refractivity contribution is 5.90. The number of anilines is 1. The number of hydrogen-bond donors (Lipinski definition) is 2. The van der Waals surface area contributed by atoms with Gasteiger partial charge in [-0.1, -0.05) is 5.16 Å². The zero-order chi connectivity index (χ0) is 15.9. The summed E-state index contributed by atoms with van der Waals surface area (Å²) in [6.45, 7) is 1.30. The minimum atomic E-state index is -1.05. The molecule has 0 saturated heterocycles. The van der Waals surface area contributed by atoms with E-state index in [1.165, 1.54) is 0 Å². The topological polar surface area (TPSA) is 115 Å². The summed E-state index contributed by atoms with van der Waals surface area (Å²) in [5.41, 5.74) is 0.592. The summed E-state index contributed by atoms with van der Waals surface area (Å²) in [6.07, 6.45) is 0.589. The Bertz CT molecular complexity index is 651. The van der Waals surface area contributed by atoms with Crippen LogP contribution in [0.15, 0.2) is 28.8 Å². The Morgan fingerprint density at radius 1 is 1.32 bits per heavy atom. The third kappa shape index (κ3) is 4.89. The fraction of sp³-hybridized carbons (Fsp3) is 0.286. The van der Waals surface area contributed by atoms with Crippen LogP contribution in [0.4, 0.5) is 5.69 Å². The van der Waals surface area contributed by atoms with E-state index in [2.05, 4.69) is 15.5 Å². The van der Waals surface area contributed by atoms with E-state index in [0.29, 0.717) is 29.6 Å². The van der Waals surface area contributed by atoms with E-state index in [4.69, 9.17) is 14.4 Å². The lowest BCUT2D eigenvalue weighted by Gasteiger charge is -2.06. The van der Waals surface area contributed by atoms with Crippen LogP contribution in [0.2, 0.25) is 0 Å². The summed E-state index contributed by atoms with van der Waals surface area (Å²) in [6, 6.07) is 6.43. The molecule has 0 atom stereocenters. The number of ether oxygens (including phenoxy) is 1. The normalized spacial score (nSPS) is 10.2. The zero-order valence-electron chi connectivity index (χ0n) is 11.9. The predicted molar refractivity (Wildman–Crippen MR) is 75.6 cm³/mol. The van der Waals surface area contributed by atoms with Crippen LogP contribution in [-0.4, -0.2) is 33.7 Å². The van der Waals surface area contributed by atoms with Gasteiger partial charge >= 0.3 is 5.97 Å². The molecule has 116 valence electrons. The molecule has 8 nitrogen and oxygen atoms in total. The van der Waals surface area contributed by atoms with Crippen LogP contribution in [0.3, 0.4) is 0 Å². The van der Waals surface area contributed by atoms with Crippen molar-refractivity contribution in [2.24, 2.45) is 0 Å². The lowest BCUT2D eigenvalue weighted by atomic mass is 10.2. The molecule has 2 rings (SSSR count). The molecule has 0 aliphatic rings. The number of aliphatic carboxylic acids is 1. The van der Waals surface area contributed by atoms with E-state index < -0.39 is 12.6 Å². The number of carbonyl (C=O) groups excluding carboxylic acids is 1. The Balaban J connectivity index is 1.79. The molecule has 0 bridgehead atoms. The number of carboxylic acid groups (broad SMARTS) is 1. The first-order valence-electron chi connectivity index (χ1n) is 6.56. The van der Waals surface area contributed by atoms with Crippen molar-refractivity contribution >= 4 is 17.6 Å². The number of aromatic nitrogens is 2. The number of carbonyl (C=O) groups is 2. The molecule has 0 aliphatic carbocycles. The summed E-state index contributed by atoms with van der Waals surface area (Å²) in [4.78, 5) is 26.2. The molecule has 0 spiro atoms. The first-order chi connectivity index (χ1) is 10.5. The Labute approximate surface area is 126 Å². The second-order valence-electron chi connectivity index (χ2n) is 4.49. The van der Waals surface area contributed by atoms with Crippen molar-refractivity contribution in [1.29, 1.82) is 0 Å². The third-order valence-electron chi connectivity index (χ3n) is 2.64. The number of nitrogens with zero attached hydrogens (tertiary/aromatic N) is 2. The van der Waals surface area contributed by atoms with Gasteiger partial charge in [0.25, 0.3) is 0 Å². The van der Waals surface area contributed by atoms with Gasteiger partial charge in [0.1, 0.15) is 5.75 Å². The van der Waals surface area contributed by atoms with Crippen molar-refractivity contribution in [1.82, 2.24) is 10.1 Å². The number of hydrogen-bond acceptors (Lipinski definition) is 6. The predicted octanol–water partition coefficient (Wildman–Crippen LogP) is 1.41. The molecule has 0 radical (unpaired) electrons. The Morgan fingerprint density at radius 3 is 2.64 bits per heavy atom. The third-order valence-corrected chi connectivity index (χ3v) is 2.64. The molecule has 0 aliphatic heterocycles. The fourth-order valence-electron chi connectivity index (χ4n) is 1.67. The van der Waals surface area contributed by atoms with Gasteiger partial charge in [-0.3, -0.25) is 4.79 Å². The molecule has 22 heavy (non-hydrogen) atoms. The number of aryl methyl sites for hydroxylation is 2. The van der Waals surface area contributed by atoms with E-state index in [0.717, 1.165) is 0 Å². The smallest absolute Gasteiger partial charge is 0.341 e. The lowest BCUT2D eigenvalue weighted by Crippen LogP contribution is -2.12. The summed E-state index contributed by atoms with van der Waals surface area (Å²) in [5, 5.41) is 14.9. The van der Waals surface area contributed by atoms with Crippen LogP contribution in [0.25, 0.3) is 0 Å². The van der Waals surface area contributed by atoms with Crippen LogP contribution in [0.5, 0.6) is 5.75 Å². The average Bonchev–Trinajstić information content (AvgIpc) is 2.90. The van der Waals surface area contributed by atoms with Crippen molar-refractivity contribution < 1.29 is 24.0 Å². The molecular formula is C14H15N3O5. The Kier molecular flexibility index (Phi) is 5.07. The van der Waals surface area contributed by atoms with E-state index in [1.54, 1.807) is 31.2 Å². The van der Waals surface area contributed by atoms with Gasteiger partial charge in [-0.15, -0.1) is 0 Å². The molecule has 0 unspecified atom stereocenters. The maximum Gasteiger partial charge on any atom is 0.341 e. The molecule has 1 amide bonds. The Morgan fingerprint density at radius 2 is 2.05 bits per heavy atom. The number of rotatable bonds is 7. The van der Waals surface area contributed by atoms with Crippen molar-refractivity contribution in [3.63, 3.8) is 0 Å². The molecule has 0 fully saturated rings. The largest absolute Gasteiger partial charge is 0.482 e. The van der Waals surface area contributed by atoms with Crippen LogP contribution in [-0.2, 0) is 16.0 Å². The Hall–Kier alpha value is -2.90. The molecule has 0 saturated carbocycles. The monoisotopic (exact) mass is 305 g/mol. The minimum absolute atomic E-state index is 0.185. The minimum Gasteiger partial charge on any atom is -0.482 e. The average molecular weight is 305 g/mol. The van der Waals surface area contributed by atoms with Gasteiger partial charge in [0, 0.05) is 18.5 Å². The lowest BCUT2D eigenvalue weighted by molar-refractivity contribution is -0.139. The van der Waals surface area contributed by atoms with E-state index in [9.17, 15) is 9.59 Å². The standard InChI is InChI=1S/C14H15N3O5/c1-9-15-13(22-17-9)7-6-12(18)16-10-2-4-11(5-3-10)21-8-14(19)20/h2-5H,6-8H2,1H3,(H,16,18)(H,19,20). The maximum atomic E-state index is 11.8.